The van der Waals surface area contributed by atoms with Crippen molar-refractivity contribution in [2.75, 3.05) is 22.9 Å². The van der Waals surface area contributed by atoms with Gasteiger partial charge in [0, 0.05) is 30.1 Å². The minimum Gasteiger partial charge on any atom is -0.325 e. The van der Waals surface area contributed by atoms with E-state index in [2.05, 4.69) is 75.6 Å². The summed E-state index contributed by atoms with van der Waals surface area (Å²) in [5.74, 6) is 1.60. The fourth-order valence-corrected chi connectivity index (χ4v) is 14.3. The Kier molecular flexibility index (Phi) is 9.40. The molecule has 1 atom stereocenters. The third-order valence-corrected chi connectivity index (χ3v) is 15.1. The molecule has 1 aliphatic heterocycles. The van der Waals surface area contributed by atoms with Gasteiger partial charge in [0.1, 0.15) is 5.82 Å². The Morgan fingerprint density at radius 3 is 1.36 bits per heavy atom. The van der Waals surface area contributed by atoms with E-state index in [1.165, 1.54) is 135 Å². The summed E-state index contributed by atoms with van der Waals surface area (Å²) in [7, 11) is 0.00137. The molecule has 0 aromatic heterocycles. The second kappa shape index (κ2) is 13.1. The number of aryl methyl sites for hydroxylation is 6. The first-order valence-electron chi connectivity index (χ1n) is 17.5. The number of hydrogen-bond donors (Lipinski definition) is 0. The highest BCUT2D eigenvalue weighted by Gasteiger charge is 2.42. The number of rotatable bonds is 5. The first-order valence-corrected chi connectivity index (χ1v) is 19.1. The first-order chi connectivity index (χ1) is 20.3. The molecule has 2 aromatic rings. The maximum absolute atomic E-state index is 2.81. The van der Waals surface area contributed by atoms with Crippen molar-refractivity contribution < 1.29 is 0 Å². The zero-order valence-electron chi connectivity index (χ0n) is 27.7. The van der Waals surface area contributed by atoms with E-state index in [9.17, 15) is 0 Å². The lowest BCUT2D eigenvalue weighted by atomic mass is 9.92. The largest absolute Gasteiger partial charge is 0.325 e. The van der Waals surface area contributed by atoms with E-state index in [0.29, 0.717) is 0 Å². The maximum Gasteiger partial charge on any atom is 0.113 e. The zero-order valence-corrected chi connectivity index (χ0v) is 28.6. The summed E-state index contributed by atoms with van der Waals surface area (Å²) < 4.78 is 0. The van der Waals surface area contributed by atoms with Crippen molar-refractivity contribution in [3.8, 4) is 0 Å². The van der Waals surface area contributed by atoms with Crippen LogP contribution < -0.4 is 9.80 Å². The van der Waals surface area contributed by atoms with E-state index in [0.717, 1.165) is 30.1 Å². The lowest BCUT2D eigenvalue weighted by Crippen LogP contribution is -2.34. The molecule has 4 fully saturated rings. The molecule has 6 rings (SSSR count). The highest BCUT2D eigenvalue weighted by molar-refractivity contribution is 7.60. The average molecular weight is 585 g/mol. The third-order valence-electron chi connectivity index (χ3n) is 11.1. The molecular formula is C39H57N2P. The summed E-state index contributed by atoms with van der Waals surface area (Å²) in [6, 6.07) is 9.69. The number of allylic oxidation sites excluding steroid dienone is 1. The van der Waals surface area contributed by atoms with E-state index in [1.54, 1.807) is 5.82 Å². The van der Waals surface area contributed by atoms with Gasteiger partial charge in [-0.2, -0.15) is 0 Å². The van der Waals surface area contributed by atoms with Crippen LogP contribution in [0.1, 0.15) is 123 Å². The molecule has 1 saturated heterocycles. The van der Waals surface area contributed by atoms with Crippen molar-refractivity contribution in [2.24, 2.45) is 0 Å². The number of hydrogen-bond acceptors (Lipinski definition) is 2. The van der Waals surface area contributed by atoms with Gasteiger partial charge in [-0.05, 0) is 126 Å². The van der Waals surface area contributed by atoms with Crippen LogP contribution in [0.15, 0.2) is 35.7 Å². The smallest absolute Gasteiger partial charge is 0.113 e. The van der Waals surface area contributed by atoms with Gasteiger partial charge in [0.2, 0.25) is 0 Å². The molecule has 42 heavy (non-hydrogen) atoms. The molecule has 1 heterocycles. The van der Waals surface area contributed by atoms with Crippen LogP contribution in [0.3, 0.4) is 0 Å². The van der Waals surface area contributed by atoms with Crippen molar-refractivity contribution in [1.29, 1.82) is 0 Å². The quantitative estimate of drug-likeness (QED) is 0.323. The molecule has 0 radical (unpaired) electrons. The molecule has 2 nitrogen and oxygen atoms in total. The minimum absolute atomic E-state index is 0.00137. The summed E-state index contributed by atoms with van der Waals surface area (Å²) in [5, 5.41) is 0. The highest BCUT2D eigenvalue weighted by atomic mass is 31.1. The summed E-state index contributed by atoms with van der Waals surface area (Å²) >= 11 is 0. The Hall–Kier alpha value is -1.79. The van der Waals surface area contributed by atoms with E-state index in [-0.39, 0.29) is 7.92 Å². The van der Waals surface area contributed by atoms with Crippen LogP contribution in [-0.4, -0.2) is 30.1 Å². The average Bonchev–Trinajstić information content (AvgIpc) is 3.37. The van der Waals surface area contributed by atoms with Gasteiger partial charge < -0.3 is 9.80 Å². The molecule has 0 spiro atoms. The normalized spacial score (nSPS) is 23.0. The topological polar surface area (TPSA) is 6.48 Å². The molecule has 0 bridgehead atoms. The monoisotopic (exact) mass is 584 g/mol. The van der Waals surface area contributed by atoms with Crippen molar-refractivity contribution in [3.05, 3.63) is 69.0 Å². The Bertz CT molecular complexity index is 1160. The molecule has 1 unspecified atom stereocenters. The van der Waals surface area contributed by atoms with Gasteiger partial charge in [-0.3, -0.25) is 0 Å². The van der Waals surface area contributed by atoms with Gasteiger partial charge in [0.15, 0.2) is 0 Å². The van der Waals surface area contributed by atoms with Crippen LogP contribution in [0.5, 0.6) is 0 Å². The molecule has 2 aromatic carbocycles. The number of anilines is 2. The van der Waals surface area contributed by atoms with Gasteiger partial charge >= 0.3 is 0 Å². The Balaban J connectivity index is 1.53. The van der Waals surface area contributed by atoms with Crippen LogP contribution in [0, 0.1) is 41.5 Å². The standard InChI is InChI=1S/C39H57N2P/c1-27-23-29(3)37(30(4)24-27)40-21-22-41(38-31(5)25-28(2)26-32(38)6)39(40)35-19-13-14-20-36(35)42(33-15-9-7-10-16-33)34-17-11-8-12-18-34/h23-26,33-34,36H,7-22H2,1-6H3. The van der Waals surface area contributed by atoms with E-state index < -0.39 is 0 Å². The van der Waals surface area contributed by atoms with Gasteiger partial charge in [-0.25, -0.2) is 0 Å². The fourth-order valence-electron chi connectivity index (χ4n) is 9.69. The molecule has 0 amide bonds. The maximum atomic E-state index is 2.81. The molecule has 4 aliphatic rings. The molecular weight excluding hydrogens is 527 g/mol. The molecule has 228 valence electrons. The highest BCUT2D eigenvalue weighted by Crippen LogP contribution is 2.63. The fraction of sp³-hybridized carbons (Fsp3) is 0.641. The molecule has 3 heteroatoms. The number of benzene rings is 2. The van der Waals surface area contributed by atoms with Gasteiger partial charge in [0.25, 0.3) is 0 Å². The van der Waals surface area contributed by atoms with Crippen molar-refractivity contribution in [3.63, 3.8) is 0 Å². The van der Waals surface area contributed by atoms with Crippen LogP contribution in [-0.2, 0) is 0 Å². The van der Waals surface area contributed by atoms with Crippen LogP contribution >= 0.6 is 7.92 Å². The molecule has 3 saturated carbocycles. The molecule has 0 N–H and O–H groups in total. The summed E-state index contributed by atoms with van der Waals surface area (Å²) in [5.41, 5.74) is 16.2. The van der Waals surface area contributed by atoms with E-state index in [4.69, 9.17) is 0 Å². The predicted octanol–water partition coefficient (Wildman–Crippen LogP) is 11.2. The van der Waals surface area contributed by atoms with E-state index in [1.807, 2.05) is 5.57 Å². The lowest BCUT2D eigenvalue weighted by Gasteiger charge is -2.46. The van der Waals surface area contributed by atoms with Crippen molar-refractivity contribution >= 4 is 19.3 Å². The summed E-state index contributed by atoms with van der Waals surface area (Å²) in [4.78, 5) is 5.62. The molecule has 3 aliphatic carbocycles. The minimum atomic E-state index is 0.00137. The summed E-state index contributed by atoms with van der Waals surface area (Å²) in [6.07, 6.45) is 20.5. The van der Waals surface area contributed by atoms with E-state index >= 15 is 0 Å². The predicted molar refractivity (Wildman–Crippen MR) is 186 cm³/mol. The number of nitrogens with zero attached hydrogens (tertiary/aromatic N) is 2. The second-order valence-corrected chi connectivity index (χ2v) is 17.4. The van der Waals surface area contributed by atoms with Gasteiger partial charge in [0.05, 0.1) is 0 Å². The Labute approximate surface area is 259 Å². The van der Waals surface area contributed by atoms with Crippen molar-refractivity contribution in [2.45, 2.75) is 148 Å². The first kappa shape index (κ1) is 30.2. The second-order valence-electron chi connectivity index (χ2n) is 14.4. The lowest BCUT2D eigenvalue weighted by molar-refractivity contribution is 0.476. The Morgan fingerprint density at radius 1 is 0.524 bits per heavy atom. The van der Waals surface area contributed by atoms with Crippen LogP contribution in [0.2, 0.25) is 0 Å². The van der Waals surface area contributed by atoms with Gasteiger partial charge in [-0.15, -0.1) is 0 Å². The summed E-state index contributed by atoms with van der Waals surface area (Å²) in [6.45, 7) is 16.1. The Morgan fingerprint density at radius 2 is 0.929 bits per heavy atom. The SMILES string of the molecule is Cc1cc(C)c(N2CCN(c3c(C)cc(C)cc3C)C2=C2CCCCC2P(C2CCCCC2)C2CCCCC2)c(C)c1. The van der Waals surface area contributed by atoms with Crippen molar-refractivity contribution in [1.82, 2.24) is 0 Å². The van der Waals surface area contributed by atoms with Gasteiger partial charge in [-0.1, -0.05) is 88.3 Å². The third kappa shape index (κ3) is 5.96. The van der Waals surface area contributed by atoms with Crippen LogP contribution in [0.4, 0.5) is 11.4 Å². The zero-order chi connectivity index (χ0) is 29.4. The van der Waals surface area contributed by atoms with Crippen LogP contribution in [0.25, 0.3) is 0 Å².